The van der Waals surface area contributed by atoms with Crippen LogP contribution in [-0.4, -0.2) is 43.7 Å². The molecule has 0 aliphatic carbocycles. The van der Waals surface area contributed by atoms with Gasteiger partial charge in [-0.25, -0.2) is 0 Å². The van der Waals surface area contributed by atoms with E-state index in [9.17, 15) is 0 Å². The first-order valence-corrected chi connectivity index (χ1v) is 11.1. The van der Waals surface area contributed by atoms with E-state index in [1.165, 1.54) is 27.7 Å². The molecule has 2 aromatic carbocycles. The molecule has 3 N–H and O–H groups in total. The molecule has 0 amide bonds. The molecule has 4 rings (SSSR count). The van der Waals surface area contributed by atoms with Crippen LogP contribution in [0.3, 0.4) is 0 Å². The number of guanidine groups is 1. The smallest absolute Gasteiger partial charge is 0.191 e. The molecule has 3 aromatic rings. The number of rotatable bonds is 6. The second-order valence-corrected chi connectivity index (χ2v) is 8.00. The Hall–Kier alpha value is -2.22. The van der Waals surface area contributed by atoms with Gasteiger partial charge in [-0.1, -0.05) is 43.3 Å². The SMILES string of the molecule is CCc1cccc2c(CCNC(=NC)NC3CCN(c4ccccc4)CC3)c[nH]c12.I. The normalized spacial score (nSPS) is 15.0. The minimum Gasteiger partial charge on any atom is -0.371 e. The molecule has 0 unspecified atom stereocenters. The second kappa shape index (κ2) is 11.4. The van der Waals surface area contributed by atoms with Gasteiger partial charge in [0.15, 0.2) is 5.96 Å². The molecular weight excluding hydrogens is 497 g/mol. The molecule has 0 bridgehead atoms. The number of benzene rings is 2. The molecule has 1 aliphatic rings. The van der Waals surface area contributed by atoms with Gasteiger partial charge in [0, 0.05) is 55.5 Å². The number of anilines is 1. The molecule has 1 aromatic heterocycles. The van der Waals surface area contributed by atoms with Gasteiger partial charge in [-0.3, -0.25) is 4.99 Å². The van der Waals surface area contributed by atoms with Crippen molar-refractivity contribution >= 4 is 46.5 Å². The van der Waals surface area contributed by atoms with Crippen LogP contribution in [0.25, 0.3) is 10.9 Å². The van der Waals surface area contributed by atoms with E-state index in [2.05, 4.69) is 87.2 Å². The van der Waals surface area contributed by atoms with E-state index < -0.39 is 0 Å². The van der Waals surface area contributed by atoms with Gasteiger partial charge < -0.3 is 20.5 Å². The molecule has 0 radical (unpaired) electrons. The molecule has 5 nitrogen and oxygen atoms in total. The predicted octanol–water partition coefficient (Wildman–Crippen LogP) is 4.72. The molecule has 1 fully saturated rings. The number of H-pyrrole nitrogens is 1. The largest absolute Gasteiger partial charge is 0.371 e. The Balaban J connectivity index is 0.00000272. The number of hydrogen-bond acceptors (Lipinski definition) is 2. The zero-order valence-corrected chi connectivity index (χ0v) is 20.9. The number of aromatic amines is 1. The van der Waals surface area contributed by atoms with Crippen LogP contribution < -0.4 is 15.5 Å². The molecular formula is C25H34IN5. The third-order valence-corrected chi connectivity index (χ3v) is 6.14. The lowest BCUT2D eigenvalue weighted by Gasteiger charge is -2.34. The van der Waals surface area contributed by atoms with Gasteiger partial charge in [0.2, 0.25) is 0 Å². The summed E-state index contributed by atoms with van der Waals surface area (Å²) in [7, 11) is 1.85. The quantitative estimate of drug-likeness (QED) is 0.245. The number of fused-ring (bicyclic) bond motifs is 1. The number of aromatic nitrogens is 1. The first-order chi connectivity index (χ1) is 14.8. The van der Waals surface area contributed by atoms with Gasteiger partial charge >= 0.3 is 0 Å². The van der Waals surface area contributed by atoms with Crippen LogP contribution in [0.5, 0.6) is 0 Å². The lowest BCUT2D eigenvalue weighted by Crippen LogP contribution is -2.49. The van der Waals surface area contributed by atoms with Crippen LogP contribution in [0.4, 0.5) is 5.69 Å². The summed E-state index contributed by atoms with van der Waals surface area (Å²) in [5.41, 5.74) is 5.34. The van der Waals surface area contributed by atoms with E-state index in [0.29, 0.717) is 6.04 Å². The van der Waals surface area contributed by atoms with Gasteiger partial charge in [-0.05, 0) is 48.9 Å². The standard InChI is InChI=1S/C25H33N5.HI/c1-3-19-8-7-11-23-20(18-28-24(19)23)12-15-27-25(26-2)29-21-13-16-30(17-14-21)22-9-5-4-6-10-22;/h4-11,18,21,28H,3,12-17H2,1-2H3,(H2,26,27,29);1H. The van der Waals surface area contributed by atoms with Crippen molar-refractivity contribution in [1.29, 1.82) is 0 Å². The van der Waals surface area contributed by atoms with E-state index in [0.717, 1.165) is 51.3 Å². The monoisotopic (exact) mass is 531 g/mol. The molecule has 166 valence electrons. The number of aryl methyl sites for hydroxylation is 1. The average Bonchev–Trinajstić information content (AvgIpc) is 3.22. The van der Waals surface area contributed by atoms with Gasteiger partial charge in [-0.2, -0.15) is 0 Å². The van der Waals surface area contributed by atoms with Gasteiger partial charge in [0.1, 0.15) is 0 Å². The Bertz CT molecular complexity index is 974. The van der Waals surface area contributed by atoms with E-state index in [4.69, 9.17) is 0 Å². The van der Waals surface area contributed by atoms with Crippen molar-refractivity contribution in [2.75, 3.05) is 31.6 Å². The van der Waals surface area contributed by atoms with Crippen molar-refractivity contribution in [3.63, 3.8) is 0 Å². The average molecular weight is 531 g/mol. The summed E-state index contributed by atoms with van der Waals surface area (Å²) < 4.78 is 0. The molecule has 1 saturated heterocycles. The highest BCUT2D eigenvalue weighted by molar-refractivity contribution is 14.0. The van der Waals surface area contributed by atoms with Crippen molar-refractivity contribution in [3.8, 4) is 0 Å². The molecule has 1 aliphatic heterocycles. The molecule has 31 heavy (non-hydrogen) atoms. The van der Waals surface area contributed by atoms with E-state index in [-0.39, 0.29) is 24.0 Å². The highest BCUT2D eigenvalue weighted by Crippen LogP contribution is 2.22. The minimum absolute atomic E-state index is 0. The van der Waals surface area contributed by atoms with Crippen molar-refractivity contribution in [1.82, 2.24) is 15.6 Å². The van der Waals surface area contributed by atoms with Crippen molar-refractivity contribution in [3.05, 3.63) is 65.9 Å². The molecule has 2 heterocycles. The maximum Gasteiger partial charge on any atom is 0.191 e. The number of hydrogen-bond donors (Lipinski definition) is 3. The zero-order valence-electron chi connectivity index (χ0n) is 18.5. The highest BCUT2D eigenvalue weighted by atomic mass is 127. The summed E-state index contributed by atoms with van der Waals surface area (Å²) >= 11 is 0. The zero-order chi connectivity index (χ0) is 20.8. The third-order valence-electron chi connectivity index (χ3n) is 6.14. The lowest BCUT2D eigenvalue weighted by molar-refractivity contribution is 0.461. The Morgan fingerprint density at radius 2 is 1.84 bits per heavy atom. The first-order valence-electron chi connectivity index (χ1n) is 11.1. The summed E-state index contributed by atoms with van der Waals surface area (Å²) in [5.74, 6) is 0.905. The third kappa shape index (κ3) is 5.73. The van der Waals surface area contributed by atoms with Gasteiger partial charge in [0.05, 0.1) is 0 Å². The van der Waals surface area contributed by atoms with Crippen LogP contribution in [0, 0.1) is 0 Å². The fraction of sp³-hybridized carbons (Fsp3) is 0.400. The number of halogens is 1. The second-order valence-electron chi connectivity index (χ2n) is 8.00. The highest BCUT2D eigenvalue weighted by Gasteiger charge is 2.20. The van der Waals surface area contributed by atoms with Crippen LogP contribution in [-0.2, 0) is 12.8 Å². The topological polar surface area (TPSA) is 55.5 Å². The first kappa shape index (κ1) is 23.4. The van der Waals surface area contributed by atoms with E-state index in [1.54, 1.807) is 0 Å². The Morgan fingerprint density at radius 3 is 2.55 bits per heavy atom. The van der Waals surface area contributed by atoms with Crippen LogP contribution in [0.1, 0.15) is 30.9 Å². The maximum absolute atomic E-state index is 4.44. The summed E-state index contributed by atoms with van der Waals surface area (Å²) in [5, 5.41) is 8.46. The Kier molecular flexibility index (Phi) is 8.63. The molecule has 0 saturated carbocycles. The maximum atomic E-state index is 4.44. The van der Waals surface area contributed by atoms with Crippen LogP contribution >= 0.6 is 24.0 Å². The Labute approximate surface area is 202 Å². The summed E-state index contributed by atoms with van der Waals surface area (Å²) in [6.45, 7) is 5.23. The minimum atomic E-state index is 0. The predicted molar refractivity (Wildman–Crippen MR) is 143 cm³/mol. The fourth-order valence-electron chi connectivity index (χ4n) is 4.40. The molecule has 0 atom stereocenters. The van der Waals surface area contributed by atoms with Gasteiger partial charge in [0.25, 0.3) is 0 Å². The molecule has 6 heteroatoms. The lowest BCUT2D eigenvalue weighted by atomic mass is 10.0. The Morgan fingerprint density at radius 1 is 1.06 bits per heavy atom. The summed E-state index contributed by atoms with van der Waals surface area (Å²) in [4.78, 5) is 10.4. The van der Waals surface area contributed by atoms with E-state index in [1.807, 2.05) is 7.05 Å². The number of nitrogens with one attached hydrogen (secondary N) is 3. The van der Waals surface area contributed by atoms with Crippen LogP contribution in [0.2, 0.25) is 0 Å². The van der Waals surface area contributed by atoms with Crippen LogP contribution in [0.15, 0.2) is 59.7 Å². The number of para-hydroxylation sites is 2. The summed E-state index contributed by atoms with van der Waals surface area (Å²) in [6.07, 6.45) is 6.42. The number of piperidine rings is 1. The van der Waals surface area contributed by atoms with Crippen molar-refractivity contribution in [2.45, 2.75) is 38.6 Å². The molecule has 0 spiro atoms. The van der Waals surface area contributed by atoms with Crippen molar-refractivity contribution < 1.29 is 0 Å². The number of aliphatic imine (C=N–C) groups is 1. The number of nitrogens with zero attached hydrogens (tertiary/aromatic N) is 2. The van der Waals surface area contributed by atoms with Crippen molar-refractivity contribution in [2.24, 2.45) is 4.99 Å². The summed E-state index contributed by atoms with van der Waals surface area (Å²) in [6, 6.07) is 17.7. The fourth-order valence-corrected chi connectivity index (χ4v) is 4.40. The van der Waals surface area contributed by atoms with Gasteiger partial charge in [-0.15, -0.1) is 24.0 Å². The van der Waals surface area contributed by atoms with E-state index >= 15 is 0 Å².